The number of thioether (sulfide) groups is 1. The Morgan fingerprint density at radius 2 is 2.41 bits per heavy atom. The molecule has 1 aliphatic rings. The molecule has 1 amide bonds. The summed E-state index contributed by atoms with van der Waals surface area (Å²) in [6, 6.07) is 0.302. The molecule has 0 aromatic carbocycles. The molecule has 6 heteroatoms. The summed E-state index contributed by atoms with van der Waals surface area (Å²) in [6.07, 6.45) is 0.532. The second-order valence-corrected chi connectivity index (χ2v) is 6.49. The monoisotopic (exact) mass is 271 g/mol. The Hall–Kier alpha value is -0.590. The van der Waals surface area contributed by atoms with Crippen molar-refractivity contribution in [2.24, 2.45) is 0 Å². The highest BCUT2D eigenvalue weighted by Gasteiger charge is 2.17. The molecule has 1 aromatic rings. The van der Waals surface area contributed by atoms with Crippen molar-refractivity contribution in [3.05, 3.63) is 10.6 Å². The minimum atomic E-state index is 0.0544. The van der Waals surface area contributed by atoms with Gasteiger partial charge in [0.15, 0.2) is 5.13 Å². The lowest BCUT2D eigenvalue weighted by atomic mass is 10.2. The van der Waals surface area contributed by atoms with E-state index in [-0.39, 0.29) is 5.91 Å². The van der Waals surface area contributed by atoms with Crippen LogP contribution in [0.4, 0.5) is 5.13 Å². The highest BCUT2D eigenvalue weighted by atomic mass is 32.2. The number of carbonyl (C=O) groups excluding carboxylic acids is 1. The average Bonchev–Trinajstić information content (AvgIpc) is 2.59. The maximum absolute atomic E-state index is 11.8. The molecule has 2 N–H and O–H groups in total. The average molecular weight is 271 g/mol. The molecule has 2 heterocycles. The predicted octanol–water partition coefficient (Wildman–Crippen LogP) is 1.79. The van der Waals surface area contributed by atoms with Crippen LogP contribution in [-0.2, 0) is 4.79 Å². The Morgan fingerprint density at radius 1 is 1.59 bits per heavy atom. The van der Waals surface area contributed by atoms with Crippen molar-refractivity contribution in [3.8, 4) is 0 Å². The summed E-state index contributed by atoms with van der Waals surface area (Å²) in [5.74, 6) is 2.21. The SMILES string of the molecule is Cc1nc(NC(=O)CC2CSCCN2)sc1C. The number of carbonyl (C=O) groups is 1. The van der Waals surface area contributed by atoms with Gasteiger partial charge >= 0.3 is 0 Å². The Balaban J connectivity index is 1.84. The van der Waals surface area contributed by atoms with Crippen LogP contribution >= 0.6 is 23.1 Å². The first kappa shape index (κ1) is 12.9. The largest absolute Gasteiger partial charge is 0.312 e. The van der Waals surface area contributed by atoms with Crippen LogP contribution in [0.3, 0.4) is 0 Å². The number of thiazole rings is 1. The van der Waals surface area contributed by atoms with Gasteiger partial charge in [-0.2, -0.15) is 11.8 Å². The number of nitrogens with one attached hydrogen (secondary N) is 2. The highest BCUT2D eigenvalue weighted by molar-refractivity contribution is 7.99. The molecule has 1 aliphatic heterocycles. The van der Waals surface area contributed by atoms with Gasteiger partial charge in [-0.15, -0.1) is 11.3 Å². The van der Waals surface area contributed by atoms with Crippen LogP contribution in [0.2, 0.25) is 0 Å². The van der Waals surface area contributed by atoms with Crippen LogP contribution in [0.15, 0.2) is 0 Å². The fourth-order valence-corrected chi connectivity index (χ4v) is 3.45. The van der Waals surface area contributed by atoms with E-state index in [4.69, 9.17) is 0 Å². The summed E-state index contributed by atoms with van der Waals surface area (Å²) in [7, 11) is 0. The molecular formula is C11H17N3OS2. The smallest absolute Gasteiger partial charge is 0.227 e. The van der Waals surface area contributed by atoms with Gasteiger partial charge in [0.05, 0.1) is 5.69 Å². The van der Waals surface area contributed by atoms with Crippen molar-refractivity contribution < 1.29 is 4.79 Å². The predicted molar refractivity (Wildman–Crippen MR) is 74.0 cm³/mol. The molecule has 2 rings (SSSR count). The summed E-state index contributed by atoms with van der Waals surface area (Å²) < 4.78 is 0. The first-order chi connectivity index (χ1) is 8.15. The van der Waals surface area contributed by atoms with E-state index in [0.29, 0.717) is 17.6 Å². The minimum absolute atomic E-state index is 0.0544. The molecular weight excluding hydrogens is 254 g/mol. The number of hydrogen-bond acceptors (Lipinski definition) is 5. The highest BCUT2D eigenvalue weighted by Crippen LogP contribution is 2.21. The summed E-state index contributed by atoms with van der Waals surface area (Å²) >= 11 is 3.44. The van der Waals surface area contributed by atoms with Crippen LogP contribution in [0.5, 0.6) is 0 Å². The molecule has 0 saturated carbocycles. The third-order valence-corrected chi connectivity index (χ3v) is 4.82. The molecule has 1 fully saturated rings. The first-order valence-corrected chi connectivity index (χ1v) is 7.67. The maximum atomic E-state index is 11.8. The van der Waals surface area contributed by atoms with Crippen LogP contribution in [0, 0.1) is 13.8 Å². The molecule has 0 radical (unpaired) electrons. The third-order valence-electron chi connectivity index (χ3n) is 2.71. The molecule has 1 atom stereocenters. The van der Waals surface area contributed by atoms with Gasteiger partial charge in [-0.25, -0.2) is 4.98 Å². The van der Waals surface area contributed by atoms with Gasteiger partial charge < -0.3 is 10.6 Å². The molecule has 94 valence electrons. The fraction of sp³-hybridized carbons (Fsp3) is 0.636. The number of rotatable bonds is 3. The van der Waals surface area contributed by atoms with Gasteiger partial charge in [0.2, 0.25) is 5.91 Å². The number of nitrogens with zero attached hydrogens (tertiary/aromatic N) is 1. The number of amides is 1. The summed E-state index contributed by atoms with van der Waals surface area (Å²) in [5, 5.41) is 6.94. The number of aromatic nitrogens is 1. The van der Waals surface area contributed by atoms with E-state index in [0.717, 1.165) is 28.6 Å². The third kappa shape index (κ3) is 3.69. The Labute approximate surface area is 110 Å². The van der Waals surface area contributed by atoms with Gasteiger partial charge in [-0.1, -0.05) is 0 Å². The van der Waals surface area contributed by atoms with Gasteiger partial charge in [-0.05, 0) is 13.8 Å². The summed E-state index contributed by atoms with van der Waals surface area (Å²) in [4.78, 5) is 17.3. The first-order valence-electron chi connectivity index (χ1n) is 5.70. The fourth-order valence-electron chi connectivity index (χ4n) is 1.67. The molecule has 0 bridgehead atoms. The lowest BCUT2D eigenvalue weighted by molar-refractivity contribution is -0.116. The van der Waals surface area contributed by atoms with E-state index in [1.165, 1.54) is 11.3 Å². The number of hydrogen-bond donors (Lipinski definition) is 2. The van der Waals surface area contributed by atoms with Crippen molar-refractivity contribution in [1.82, 2.24) is 10.3 Å². The number of aryl methyl sites for hydroxylation is 2. The molecule has 1 aromatic heterocycles. The van der Waals surface area contributed by atoms with Crippen molar-refractivity contribution >= 4 is 34.1 Å². The topological polar surface area (TPSA) is 54.0 Å². The molecule has 0 aliphatic carbocycles. The normalized spacial score (nSPS) is 20.2. The number of anilines is 1. The van der Waals surface area contributed by atoms with Gasteiger partial charge in [-0.3, -0.25) is 4.79 Å². The van der Waals surface area contributed by atoms with Crippen LogP contribution in [0.25, 0.3) is 0 Å². The summed E-state index contributed by atoms with van der Waals surface area (Å²) in [6.45, 7) is 4.97. The minimum Gasteiger partial charge on any atom is -0.312 e. The van der Waals surface area contributed by atoms with E-state index in [1.54, 1.807) is 0 Å². The maximum Gasteiger partial charge on any atom is 0.227 e. The zero-order valence-electron chi connectivity index (χ0n) is 10.1. The zero-order valence-corrected chi connectivity index (χ0v) is 11.7. The molecule has 0 spiro atoms. The Morgan fingerprint density at radius 3 is 3.00 bits per heavy atom. The van der Waals surface area contributed by atoms with E-state index < -0.39 is 0 Å². The second kappa shape index (κ2) is 5.84. The molecule has 4 nitrogen and oxygen atoms in total. The van der Waals surface area contributed by atoms with Crippen LogP contribution in [0.1, 0.15) is 17.0 Å². The van der Waals surface area contributed by atoms with Crippen LogP contribution < -0.4 is 10.6 Å². The van der Waals surface area contributed by atoms with Crippen molar-refractivity contribution in [3.63, 3.8) is 0 Å². The Kier molecular flexibility index (Phi) is 4.42. The van der Waals surface area contributed by atoms with Gasteiger partial charge in [0.1, 0.15) is 0 Å². The lowest BCUT2D eigenvalue weighted by Gasteiger charge is -2.22. The Bertz CT molecular complexity index is 380. The van der Waals surface area contributed by atoms with E-state index in [1.807, 2.05) is 25.6 Å². The zero-order chi connectivity index (χ0) is 12.3. The molecule has 1 unspecified atom stereocenters. The van der Waals surface area contributed by atoms with Crippen molar-refractivity contribution in [1.29, 1.82) is 0 Å². The molecule has 1 saturated heterocycles. The van der Waals surface area contributed by atoms with Gasteiger partial charge in [0, 0.05) is 35.4 Å². The quantitative estimate of drug-likeness (QED) is 0.880. The van der Waals surface area contributed by atoms with Crippen molar-refractivity contribution in [2.75, 3.05) is 23.4 Å². The lowest BCUT2D eigenvalue weighted by Crippen LogP contribution is -2.39. The molecule has 17 heavy (non-hydrogen) atoms. The van der Waals surface area contributed by atoms with Gasteiger partial charge in [0.25, 0.3) is 0 Å². The van der Waals surface area contributed by atoms with E-state index in [9.17, 15) is 4.79 Å². The van der Waals surface area contributed by atoms with E-state index >= 15 is 0 Å². The second-order valence-electron chi connectivity index (χ2n) is 4.14. The summed E-state index contributed by atoms with van der Waals surface area (Å²) in [5.41, 5.74) is 0.997. The standard InChI is InChI=1S/C11H17N3OS2/c1-7-8(2)17-11(13-7)14-10(15)5-9-6-16-4-3-12-9/h9,12H,3-6H2,1-2H3,(H,13,14,15). The van der Waals surface area contributed by atoms with Crippen LogP contribution in [-0.4, -0.2) is 35.0 Å². The van der Waals surface area contributed by atoms with Crippen molar-refractivity contribution in [2.45, 2.75) is 26.3 Å². The van der Waals surface area contributed by atoms with E-state index in [2.05, 4.69) is 15.6 Å².